The van der Waals surface area contributed by atoms with Crippen molar-refractivity contribution in [3.05, 3.63) is 28.8 Å². The van der Waals surface area contributed by atoms with Crippen LogP contribution in [0.15, 0.2) is 23.1 Å². The molecule has 1 N–H and O–H groups in total. The third kappa shape index (κ3) is 4.95. The molecule has 6 nitrogen and oxygen atoms in total. The number of hydrogen-bond acceptors (Lipinski definition) is 5. The van der Waals surface area contributed by atoms with Crippen molar-refractivity contribution in [2.45, 2.75) is 18.7 Å². The number of hydrogen-bond donors (Lipinski definition) is 1. The maximum atomic E-state index is 12.2. The van der Waals surface area contributed by atoms with Crippen molar-refractivity contribution < 1.29 is 17.9 Å². The predicted molar refractivity (Wildman–Crippen MR) is 85.8 cm³/mol. The van der Waals surface area contributed by atoms with E-state index < -0.39 is 16.0 Å². The molecular formula is C14H21ClN2O4S. The van der Waals surface area contributed by atoms with Crippen molar-refractivity contribution in [1.82, 2.24) is 9.62 Å². The van der Waals surface area contributed by atoms with Gasteiger partial charge in [0.05, 0.1) is 22.6 Å². The number of benzene rings is 1. The molecule has 0 fully saturated rings. The third-order valence-electron chi connectivity index (χ3n) is 3.27. The summed E-state index contributed by atoms with van der Waals surface area (Å²) in [6, 6.07) is 3.92. The Bertz CT molecular complexity index is 615. The maximum absolute atomic E-state index is 12.2. The number of carbonyl (C=O) groups excluding carboxylic acids is 1. The fourth-order valence-electron chi connectivity index (χ4n) is 1.90. The molecule has 0 heterocycles. The van der Waals surface area contributed by atoms with Crippen LogP contribution >= 0.6 is 11.6 Å². The Kier molecular flexibility index (Phi) is 7.28. The lowest BCUT2D eigenvalue weighted by atomic mass is 10.2. The highest BCUT2D eigenvalue weighted by atomic mass is 35.5. The van der Waals surface area contributed by atoms with Crippen LogP contribution in [0.1, 0.15) is 24.2 Å². The summed E-state index contributed by atoms with van der Waals surface area (Å²) in [5, 5.41) is 0.0402. The highest BCUT2D eigenvalue weighted by Crippen LogP contribution is 2.21. The summed E-state index contributed by atoms with van der Waals surface area (Å²) in [6.07, 6.45) is 0. The van der Waals surface area contributed by atoms with Crippen molar-refractivity contribution in [2.75, 3.05) is 33.3 Å². The average molecular weight is 349 g/mol. The minimum atomic E-state index is -3.66. The highest BCUT2D eigenvalue weighted by molar-refractivity contribution is 7.89. The largest absolute Gasteiger partial charge is 0.465 e. The summed E-state index contributed by atoms with van der Waals surface area (Å²) in [6.45, 7) is 6.68. The Morgan fingerprint density at radius 2 is 1.95 bits per heavy atom. The van der Waals surface area contributed by atoms with E-state index in [4.69, 9.17) is 11.6 Å². The van der Waals surface area contributed by atoms with E-state index in [2.05, 4.69) is 14.4 Å². The summed E-state index contributed by atoms with van der Waals surface area (Å²) in [7, 11) is -2.42. The standard InChI is InChI=1S/C14H21ClN2O4S/c1-4-17(5-2)9-8-16-22(19,20)11-6-7-12(13(15)10-11)14(18)21-3/h6-7,10,16H,4-5,8-9H2,1-3H3. The molecule has 0 saturated carbocycles. The fourth-order valence-corrected chi connectivity index (χ4v) is 3.27. The predicted octanol–water partition coefficient (Wildman–Crippen LogP) is 1.75. The van der Waals surface area contributed by atoms with Crippen molar-refractivity contribution in [1.29, 1.82) is 0 Å². The topological polar surface area (TPSA) is 75.7 Å². The van der Waals surface area contributed by atoms with Gasteiger partial charge in [-0.05, 0) is 31.3 Å². The van der Waals surface area contributed by atoms with Gasteiger partial charge in [0.1, 0.15) is 0 Å². The zero-order valence-electron chi connectivity index (χ0n) is 12.9. The molecule has 0 saturated heterocycles. The lowest BCUT2D eigenvalue weighted by Gasteiger charge is -2.18. The van der Waals surface area contributed by atoms with Gasteiger partial charge in [0.25, 0.3) is 0 Å². The summed E-state index contributed by atoms with van der Waals surface area (Å²) < 4.78 is 31.5. The molecule has 22 heavy (non-hydrogen) atoms. The van der Waals surface area contributed by atoms with Crippen molar-refractivity contribution in [3.8, 4) is 0 Å². The van der Waals surface area contributed by atoms with Crippen LogP contribution in [0, 0.1) is 0 Å². The number of rotatable bonds is 8. The highest BCUT2D eigenvalue weighted by Gasteiger charge is 2.18. The molecular weight excluding hydrogens is 328 g/mol. The van der Waals surface area contributed by atoms with E-state index in [1.165, 1.54) is 25.3 Å². The minimum absolute atomic E-state index is 0.0182. The first-order valence-electron chi connectivity index (χ1n) is 6.95. The third-order valence-corrected chi connectivity index (χ3v) is 5.04. The van der Waals surface area contributed by atoms with E-state index in [0.717, 1.165) is 13.1 Å². The second-order valence-corrected chi connectivity index (χ2v) is 6.73. The number of nitrogens with one attached hydrogen (secondary N) is 1. The Morgan fingerprint density at radius 3 is 2.45 bits per heavy atom. The molecule has 0 bridgehead atoms. The Morgan fingerprint density at radius 1 is 1.32 bits per heavy atom. The summed E-state index contributed by atoms with van der Waals surface area (Å²) in [4.78, 5) is 13.6. The molecule has 1 aromatic rings. The van der Waals surface area contributed by atoms with Crippen LogP contribution in [0.5, 0.6) is 0 Å². The first kappa shape index (κ1) is 18.9. The zero-order valence-corrected chi connectivity index (χ0v) is 14.5. The molecule has 0 unspecified atom stereocenters. The number of ether oxygens (including phenoxy) is 1. The van der Waals surface area contributed by atoms with Gasteiger partial charge in [-0.25, -0.2) is 17.9 Å². The van der Waals surface area contributed by atoms with Crippen LogP contribution in [0.2, 0.25) is 5.02 Å². The van der Waals surface area contributed by atoms with Gasteiger partial charge in [-0.1, -0.05) is 25.4 Å². The van der Waals surface area contributed by atoms with Gasteiger partial charge >= 0.3 is 5.97 Å². The number of nitrogens with zero attached hydrogens (tertiary/aromatic N) is 1. The fraction of sp³-hybridized carbons (Fsp3) is 0.500. The van der Waals surface area contributed by atoms with Gasteiger partial charge in [0, 0.05) is 13.1 Å². The number of carbonyl (C=O) groups is 1. The van der Waals surface area contributed by atoms with E-state index >= 15 is 0 Å². The molecule has 0 aliphatic heterocycles. The molecule has 124 valence electrons. The van der Waals surface area contributed by atoms with Crippen LogP contribution in [0.4, 0.5) is 0 Å². The van der Waals surface area contributed by atoms with Crippen molar-refractivity contribution >= 4 is 27.6 Å². The molecule has 1 aromatic carbocycles. The normalized spacial score (nSPS) is 11.7. The summed E-state index contributed by atoms with van der Waals surface area (Å²) in [5.74, 6) is -0.608. The summed E-state index contributed by atoms with van der Waals surface area (Å²) in [5.41, 5.74) is 0.131. The molecule has 1 rings (SSSR count). The first-order valence-corrected chi connectivity index (χ1v) is 8.81. The van der Waals surface area contributed by atoms with Gasteiger partial charge < -0.3 is 9.64 Å². The van der Waals surface area contributed by atoms with E-state index in [9.17, 15) is 13.2 Å². The van der Waals surface area contributed by atoms with Crippen LogP contribution in [-0.2, 0) is 14.8 Å². The van der Waals surface area contributed by atoms with Crippen LogP contribution in [0.3, 0.4) is 0 Å². The number of sulfonamides is 1. The van der Waals surface area contributed by atoms with Gasteiger partial charge in [0.2, 0.25) is 10.0 Å². The Balaban J connectivity index is 2.81. The Labute approximate surface area is 136 Å². The molecule has 0 radical (unpaired) electrons. The molecule has 0 amide bonds. The number of methoxy groups -OCH3 is 1. The first-order chi connectivity index (χ1) is 10.4. The molecule has 8 heteroatoms. The average Bonchev–Trinajstić information content (AvgIpc) is 2.50. The monoisotopic (exact) mass is 348 g/mol. The van der Waals surface area contributed by atoms with Crippen LogP contribution in [-0.4, -0.2) is 52.6 Å². The van der Waals surface area contributed by atoms with Crippen molar-refractivity contribution in [3.63, 3.8) is 0 Å². The van der Waals surface area contributed by atoms with Gasteiger partial charge in [-0.3, -0.25) is 0 Å². The Hall–Kier alpha value is -1.15. The van der Waals surface area contributed by atoms with Crippen LogP contribution < -0.4 is 4.72 Å². The van der Waals surface area contributed by atoms with E-state index in [0.29, 0.717) is 13.1 Å². The molecule has 0 atom stereocenters. The SMILES string of the molecule is CCN(CC)CCNS(=O)(=O)c1ccc(C(=O)OC)c(Cl)c1. The maximum Gasteiger partial charge on any atom is 0.339 e. The van der Waals surface area contributed by atoms with Gasteiger partial charge in [-0.2, -0.15) is 0 Å². The number of halogens is 1. The second-order valence-electron chi connectivity index (χ2n) is 4.56. The molecule has 0 spiro atoms. The quantitative estimate of drug-likeness (QED) is 0.724. The zero-order chi connectivity index (χ0) is 16.8. The van der Waals surface area contributed by atoms with Gasteiger partial charge in [0.15, 0.2) is 0 Å². The summed E-state index contributed by atoms with van der Waals surface area (Å²) >= 11 is 5.94. The molecule has 0 aromatic heterocycles. The van der Waals surface area contributed by atoms with Crippen molar-refractivity contribution in [2.24, 2.45) is 0 Å². The van der Waals surface area contributed by atoms with E-state index in [1.54, 1.807) is 0 Å². The minimum Gasteiger partial charge on any atom is -0.465 e. The van der Waals surface area contributed by atoms with E-state index in [-0.39, 0.29) is 15.5 Å². The number of likely N-dealkylation sites (N-methyl/N-ethyl adjacent to an activating group) is 1. The van der Waals surface area contributed by atoms with E-state index in [1.807, 2.05) is 13.8 Å². The van der Waals surface area contributed by atoms with Gasteiger partial charge in [-0.15, -0.1) is 0 Å². The molecule has 0 aliphatic carbocycles. The lowest BCUT2D eigenvalue weighted by molar-refractivity contribution is 0.0601. The smallest absolute Gasteiger partial charge is 0.339 e. The number of esters is 1. The second kappa shape index (κ2) is 8.47. The van der Waals surface area contributed by atoms with Crippen LogP contribution in [0.25, 0.3) is 0 Å². The molecule has 0 aliphatic rings. The lowest BCUT2D eigenvalue weighted by Crippen LogP contribution is -2.34.